The number of likely N-dealkylation sites (N-methyl/N-ethyl adjacent to an activating group) is 1. The number of hydrogen-bond donors (Lipinski definition) is 2. The maximum absolute atomic E-state index is 12.0. The molecule has 0 aliphatic heterocycles. The van der Waals surface area contributed by atoms with Crippen molar-refractivity contribution >= 4 is 30.7 Å². The molecule has 0 aromatic heterocycles. The zero-order chi connectivity index (χ0) is 16.0. The van der Waals surface area contributed by atoms with Crippen LogP contribution in [0, 0.1) is 5.92 Å². The van der Waals surface area contributed by atoms with Crippen LogP contribution in [0.1, 0.15) is 25.5 Å². The fourth-order valence-electron chi connectivity index (χ4n) is 2.07. The maximum Gasteiger partial charge on any atom is 0.237 e. The summed E-state index contributed by atoms with van der Waals surface area (Å²) in [6.45, 7) is 4.39. The van der Waals surface area contributed by atoms with E-state index in [-0.39, 0.29) is 42.7 Å². The van der Waals surface area contributed by atoms with Gasteiger partial charge in [0.15, 0.2) is 0 Å². The minimum Gasteiger partial charge on any atom is -0.497 e. The Labute approximate surface area is 151 Å². The highest BCUT2D eigenvalue weighted by molar-refractivity contribution is 5.85. The van der Waals surface area contributed by atoms with Crippen molar-refractivity contribution in [2.45, 2.75) is 25.9 Å². The summed E-state index contributed by atoms with van der Waals surface area (Å²) in [6.07, 6.45) is 0. The first-order valence-electron chi connectivity index (χ1n) is 7.20. The van der Waals surface area contributed by atoms with Crippen molar-refractivity contribution in [1.82, 2.24) is 10.2 Å². The summed E-state index contributed by atoms with van der Waals surface area (Å²) in [6, 6.07) is 7.47. The van der Waals surface area contributed by atoms with Crippen molar-refractivity contribution < 1.29 is 9.53 Å². The Morgan fingerprint density at radius 3 is 2.39 bits per heavy atom. The van der Waals surface area contributed by atoms with Crippen molar-refractivity contribution in [3.05, 3.63) is 29.8 Å². The van der Waals surface area contributed by atoms with Crippen molar-refractivity contribution in [1.29, 1.82) is 0 Å². The molecule has 7 heteroatoms. The van der Waals surface area contributed by atoms with Gasteiger partial charge in [-0.2, -0.15) is 0 Å². The number of rotatable bonds is 7. The van der Waals surface area contributed by atoms with E-state index in [1.54, 1.807) is 7.11 Å². The van der Waals surface area contributed by atoms with Gasteiger partial charge in [0.2, 0.25) is 5.91 Å². The molecule has 0 fully saturated rings. The third kappa shape index (κ3) is 7.40. The monoisotopic (exact) mass is 365 g/mol. The van der Waals surface area contributed by atoms with Crippen LogP contribution in [0.2, 0.25) is 0 Å². The minimum absolute atomic E-state index is 0. The molecule has 1 aromatic rings. The molecule has 0 bridgehead atoms. The molecule has 0 heterocycles. The van der Waals surface area contributed by atoms with Gasteiger partial charge in [-0.3, -0.25) is 4.79 Å². The first kappa shape index (κ1) is 24.2. The lowest BCUT2D eigenvalue weighted by Crippen LogP contribution is -2.46. The van der Waals surface area contributed by atoms with Gasteiger partial charge in [0.25, 0.3) is 0 Å². The summed E-state index contributed by atoms with van der Waals surface area (Å²) in [5.41, 5.74) is 6.96. The maximum atomic E-state index is 12.0. The molecule has 0 aliphatic carbocycles. The van der Waals surface area contributed by atoms with Gasteiger partial charge in [-0.05, 0) is 37.7 Å². The van der Waals surface area contributed by atoms with Crippen LogP contribution in [-0.2, 0) is 4.79 Å². The summed E-state index contributed by atoms with van der Waals surface area (Å²) in [5, 5.41) is 2.93. The Morgan fingerprint density at radius 1 is 1.30 bits per heavy atom. The van der Waals surface area contributed by atoms with E-state index in [4.69, 9.17) is 10.5 Å². The standard InChI is InChI=1S/C16H27N3O2.2ClH/c1-11(2)15(17)16(20)18-10-14(19(3)4)12-7-6-8-13(9-12)21-5;;/h6-9,11,14-15H,10,17H2,1-5H3,(H,18,20);2*1H/t14?,15-;;/m1../s1. The molecule has 23 heavy (non-hydrogen) atoms. The molecule has 3 N–H and O–H groups in total. The molecule has 2 atom stereocenters. The lowest BCUT2D eigenvalue weighted by Gasteiger charge is -2.26. The Hall–Kier alpha value is -1.01. The number of hydrogen-bond acceptors (Lipinski definition) is 4. The average molecular weight is 366 g/mol. The van der Waals surface area contributed by atoms with Gasteiger partial charge in [-0.1, -0.05) is 26.0 Å². The number of nitrogens with one attached hydrogen (secondary N) is 1. The van der Waals surface area contributed by atoms with Crippen molar-refractivity contribution in [3.63, 3.8) is 0 Å². The molecule has 5 nitrogen and oxygen atoms in total. The fraction of sp³-hybridized carbons (Fsp3) is 0.562. The van der Waals surface area contributed by atoms with E-state index in [9.17, 15) is 4.79 Å². The van der Waals surface area contributed by atoms with Gasteiger partial charge in [0.05, 0.1) is 19.2 Å². The van der Waals surface area contributed by atoms with E-state index in [0.29, 0.717) is 6.54 Å². The van der Waals surface area contributed by atoms with Crippen LogP contribution in [0.3, 0.4) is 0 Å². The third-order valence-corrected chi connectivity index (χ3v) is 3.59. The van der Waals surface area contributed by atoms with E-state index in [1.807, 2.05) is 52.2 Å². The summed E-state index contributed by atoms with van der Waals surface area (Å²) in [5.74, 6) is 0.823. The van der Waals surface area contributed by atoms with Gasteiger partial charge < -0.3 is 20.7 Å². The second-order valence-electron chi connectivity index (χ2n) is 5.77. The Kier molecular flexibility index (Phi) is 12.1. The van der Waals surface area contributed by atoms with Crippen LogP contribution in [-0.4, -0.2) is 44.6 Å². The lowest BCUT2D eigenvalue weighted by molar-refractivity contribution is -0.123. The summed E-state index contributed by atoms with van der Waals surface area (Å²) in [4.78, 5) is 14.1. The number of halogens is 2. The minimum atomic E-state index is -0.474. The number of carbonyl (C=O) groups is 1. The summed E-state index contributed by atoms with van der Waals surface area (Å²) >= 11 is 0. The van der Waals surface area contributed by atoms with Crippen molar-refractivity contribution in [2.24, 2.45) is 11.7 Å². The molecule has 1 rings (SSSR count). The molecule has 0 saturated carbocycles. The van der Waals surface area contributed by atoms with Gasteiger partial charge in [0, 0.05) is 6.54 Å². The highest BCUT2D eigenvalue weighted by Crippen LogP contribution is 2.22. The van der Waals surface area contributed by atoms with Gasteiger partial charge in [-0.15, -0.1) is 24.8 Å². The van der Waals surface area contributed by atoms with Gasteiger partial charge >= 0.3 is 0 Å². The third-order valence-electron chi connectivity index (χ3n) is 3.59. The molecular weight excluding hydrogens is 337 g/mol. The highest BCUT2D eigenvalue weighted by Gasteiger charge is 2.20. The van der Waals surface area contributed by atoms with E-state index >= 15 is 0 Å². The van der Waals surface area contributed by atoms with E-state index < -0.39 is 6.04 Å². The summed E-state index contributed by atoms with van der Waals surface area (Å²) in [7, 11) is 5.62. The molecule has 0 spiro atoms. The van der Waals surface area contributed by atoms with E-state index in [1.165, 1.54) is 0 Å². The number of methoxy groups -OCH3 is 1. The van der Waals surface area contributed by atoms with E-state index in [0.717, 1.165) is 11.3 Å². The smallest absolute Gasteiger partial charge is 0.237 e. The summed E-state index contributed by atoms with van der Waals surface area (Å²) < 4.78 is 5.25. The lowest BCUT2D eigenvalue weighted by atomic mass is 10.0. The van der Waals surface area contributed by atoms with Crippen LogP contribution >= 0.6 is 24.8 Å². The van der Waals surface area contributed by atoms with Crippen LogP contribution in [0.25, 0.3) is 0 Å². The quantitative estimate of drug-likeness (QED) is 0.777. The van der Waals surface area contributed by atoms with Gasteiger partial charge in [-0.25, -0.2) is 0 Å². The molecule has 0 saturated heterocycles. The normalized spacial score (nSPS) is 12.9. The number of nitrogens with zero attached hydrogens (tertiary/aromatic N) is 1. The zero-order valence-electron chi connectivity index (χ0n) is 14.4. The molecule has 0 radical (unpaired) electrons. The molecule has 1 unspecified atom stereocenters. The second kappa shape index (κ2) is 11.5. The topological polar surface area (TPSA) is 67.6 Å². The first-order valence-corrected chi connectivity index (χ1v) is 7.20. The Balaban J connectivity index is 0. The molecular formula is C16H29Cl2N3O2. The van der Waals surface area contributed by atoms with Crippen LogP contribution in [0.15, 0.2) is 24.3 Å². The van der Waals surface area contributed by atoms with Crippen molar-refractivity contribution in [3.8, 4) is 5.75 Å². The largest absolute Gasteiger partial charge is 0.497 e. The Bertz CT molecular complexity index is 470. The predicted molar refractivity (Wildman–Crippen MR) is 99.7 cm³/mol. The van der Waals surface area contributed by atoms with E-state index in [2.05, 4.69) is 10.2 Å². The van der Waals surface area contributed by atoms with Crippen molar-refractivity contribution in [2.75, 3.05) is 27.7 Å². The van der Waals surface area contributed by atoms with Crippen LogP contribution in [0.5, 0.6) is 5.75 Å². The molecule has 1 amide bonds. The molecule has 134 valence electrons. The first-order chi connectivity index (χ1) is 9.86. The number of nitrogens with two attached hydrogens (primary N) is 1. The fourth-order valence-corrected chi connectivity index (χ4v) is 2.07. The average Bonchev–Trinajstić information content (AvgIpc) is 2.46. The molecule has 0 aliphatic rings. The predicted octanol–water partition coefficient (Wildman–Crippen LogP) is 2.24. The van der Waals surface area contributed by atoms with Crippen LogP contribution < -0.4 is 15.8 Å². The number of ether oxygens (including phenoxy) is 1. The number of carbonyl (C=O) groups excluding carboxylic acids is 1. The van der Waals surface area contributed by atoms with Crippen LogP contribution in [0.4, 0.5) is 0 Å². The second-order valence-corrected chi connectivity index (χ2v) is 5.77. The number of amides is 1. The Morgan fingerprint density at radius 2 is 1.91 bits per heavy atom. The van der Waals surface area contributed by atoms with Gasteiger partial charge in [0.1, 0.15) is 5.75 Å². The molecule has 1 aromatic carbocycles. The zero-order valence-corrected chi connectivity index (χ0v) is 16.0. The SMILES string of the molecule is COc1cccc(C(CNC(=O)[C@H](N)C(C)C)N(C)C)c1.Cl.Cl. The highest BCUT2D eigenvalue weighted by atomic mass is 35.5. The number of benzene rings is 1.